The molecule has 626 valence electrons. The molecule has 4 aliphatic heterocycles. The van der Waals surface area contributed by atoms with Crippen molar-refractivity contribution in [2.45, 2.75) is 161 Å². The van der Waals surface area contributed by atoms with E-state index in [9.17, 15) is 81.8 Å². The minimum Gasteiger partial charge on any atom is -0.481 e. The van der Waals surface area contributed by atoms with Crippen molar-refractivity contribution < 1.29 is 119 Å². The average Bonchev–Trinajstić information content (AvgIpc) is 1.54. The molecule has 1 aliphatic carbocycles. The minimum atomic E-state index is -2.19. The fourth-order valence-corrected chi connectivity index (χ4v) is 13.8. The Balaban J connectivity index is 0.766. The number of nitrogens with one attached hydrogen (secondary N) is 8. The molecular formula is C77H96FN13O25. The number of nitrogens with zero attached hydrogens (tertiary/aromatic N) is 4. The van der Waals surface area contributed by atoms with Gasteiger partial charge >= 0.3 is 30.1 Å². The first-order valence-corrected chi connectivity index (χ1v) is 38.1. The number of pyridine rings is 2. The van der Waals surface area contributed by atoms with Crippen LogP contribution in [0.25, 0.3) is 22.3 Å². The van der Waals surface area contributed by atoms with Crippen molar-refractivity contribution in [2.24, 2.45) is 11.7 Å². The average molecular weight is 1620 g/mol. The molecule has 4 aromatic rings. The van der Waals surface area contributed by atoms with Gasteiger partial charge < -0.3 is 101 Å². The number of rotatable bonds is 44. The zero-order valence-electron chi connectivity index (χ0n) is 64.9. The van der Waals surface area contributed by atoms with Crippen LogP contribution in [-0.4, -0.2) is 230 Å². The number of benzene rings is 2. The molecule has 0 saturated carbocycles. The molecule has 0 bridgehead atoms. The number of carbonyl (C=O) groups excluding carboxylic acids is 14. The number of carbonyl (C=O) groups is 15. The van der Waals surface area contributed by atoms with Crippen LogP contribution in [0.4, 0.5) is 19.7 Å². The lowest BCUT2D eigenvalue weighted by atomic mass is 9.81. The summed E-state index contributed by atoms with van der Waals surface area (Å²) in [6.45, 7) is 7.48. The molecule has 2 aromatic carbocycles. The zero-order valence-corrected chi connectivity index (χ0v) is 64.9. The fraction of sp³-hybridized carbons (Fsp3) is 0.519. The van der Waals surface area contributed by atoms with Crippen molar-refractivity contribution >= 4 is 106 Å². The number of carboxylic acids is 1. The Labute approximate surface area is 664 Å². The van der Waals surface area contributed by atoms with Gasteiger partial charge in [0.15, 0.2) is 0 Å². The second-order valence-electron chi connectivity index (χ2n) is 28.3. The molecule has 0 unspecified atom stereocenters. The first-order valence-electron chi connectivity index (χ1n) is 38.1. The molecule has 6 heterocycles. The third-order valence-electron chi connectivity index (χ3n) is 19.9. The highest BCUT2D eigenvalue weighted by Crippen LogP contribution is 2.47. The van der Waals surface area contributed by atoms with Gasteiger partial charge in [-0.2, -0.15) is 0 Å². The van der Waals surface area contributed by atoms with Gasteiger partial charge in [0, 0.05) is 99.3 Å². The first kappa shape index (κ1) is 88.1. The molecule has 1 fully saturated rings. The number of hydrogen-bond acceptors (Lipinski definition) is 25. The Kier molecular flexibility index (Phi) is 31.5. The molecule has 0 radical (unpaired) electrons. The van der Waals surface area contributed by atoms with E-state index < -0.39 is 163 Å². The van der Waals surface area contributed by atoms with Gasteiger partial charge in [-0.3, -0.25) is 62.4 Å². The number of aromatic nitrogens is 2. The molecule has 9 rings (SSSR count). The second-order valence-corrected chi connectivity index (χ2v) is 28.3. The van der Waals surface area contributed by atoms with E-state index in [0.29, 0.717) is 51.7 Å². The third-order valence-corrected chi connectivity index (χ3v) is 19.9. The Bertz CT molecular complexity index is 4500. The highest BCUT2D eigenvalue weighted by atomic mass is 19.1. The molecule has 5 aliphatic rings. The van der Waals surface area contributed by atoms with Gasteiger partial charge in [-0.15, -0.1) is 0 Å². The molecule has 1 saturated heterocycles. The van der Waals surface area contributed by atoms with Crippen LogP contribution in [0.1, 0.15) is 137 Å². The summed E-state index contributed by atoms with van der Waals surface area (Å²) < 4.78 is 60.8. The van der Waals surface area contributed by atoms with Crippen LogP contribution in [0.3, 0.4) is 0 Å². The number of aliphatic carboxylic acids is 1. The zero-order chi connectivity index (χ0) is 83.9. The highest BCUT2D eigenvalue weighted by Gasteiger charge is 2.51. The third kappa shape index (κ3) is 23.2. The van der Waals surface area contributed by atoms with Crippen LogP contribution in [0.5, 0.6) is 0 Å². The molecule has 2 aromatic heterocycles. The summed E-state index contributed by atoms with van der Waals surface area (Å²) in [5.74, 6) is -10.9. The Morgan fingerprint density at radius 2 is 1.41 bits per heavy atom. The van der Waals surface area contributed by atoms with E-state index >= 15 is 4.39 Å². The van der Waals surface area contributed by atoms with Crippen LogP contribution < -0.4 is 53.8 Å². The maximum absolute atomic E-state index is 15.5. The van der Waals surface area contributed by atoms with Gasteiger partial charge in [0.1, 0.15) is 43.2 Å². The van der Waals surface area contributed by atoms with Gasteiger partial charge in [0.05, 0.1) is 114 Å². The number of cyclic esters (lactones) is 2. The van der Waals surface area contributed by atoms with Crippen LogP contribution in [0.15, 0.2) is 53.3 Å². The number of ether oxygens (including phenoxy) is 8. The highest BCUT2D eigenvalue weighted by molar-refractivity contribution is 6.13. The predicted molar refractivity (Wildman–Crippen MR) is 403 cm³/mol. The van der Waals surface area contributed by atoms with Gasteiger partial charge in [0.2, 0.25) is 52.9 Å². The molecule has 116 heavy (non-hydrogen) atoms. The number of nitrogens with two attached hydrogens (primary N) is 1. The summed E-state index contributed by atoms with van der Waals surface area (Å²) in [6.07, 6.45) is -0.351. The number of aryl methyl sites for hydroxylation is 1. The lowest BCUT2D eigenvalue weighted by Gasteiger charge is -2.35. The summed E-state index contributed by atoms with van der Waals surface area (Å²) in [5.41, 5.74) is 6.56. The molecule has 6 atom stereocenters. The number of amides is 12. The number of anilines is 1. The number of halogens is 1. The van der Waals surface area contributed by atoms with Gasteiger partial charge in [-0.05, 0) is 85.4 Å². The van der Waals surface area contributed by atoms with E-state index in [-0.39, 0.29) is 172 Å². The minimum absolute atomic E-state index is 0.00107. The second kappa shape index (κ2) is 41.5. The molecule has 11 N–H and O–H groups in total. The number of imide groups is 1. The van der Waals surface area contributed by atoms with Crippen molar-refractivity contribution in [3.05, 3.63) is 104 Å². The van der Waals surface area contributed by atoms with E-state index in [2.05, 4.69) is 42.5 Å². The number of carboxylic acid groups (broad SMARTS) is 1. The number of hydrogen-bond donors (Lipinski definition) is 10. The smallest absolute Gasteiger partial charge is 0.481 e. The fourth-order valence-electron chi connectivity index (χ4n) is 13.8. The number of fused-ring (bicyclic) bond motifs is 5. The molecule has 12 amide bonds. The maximum Gasteiger partial charge on any atom is 0.510 e. The van der Waals surface area contributed by atoms with Crippen molar-refractivity contribution in [2.75, 3.05) is 97.5 Å². The van der Waals surface area contributed by atoms with Crippen molar-refractivity contribution in [3.8, 4) is 11.4 Å². The molecule has 38 nitrogen and oxygen atoms in total. The Hall–Kier alpha value is -11.8. The lowest BCUT2D eigenvalue weighted by Crippen LogP contribution is -2.58. The van der Waals surface area contributed by atoms with E-state index in [1.807, 2.05) is 0 Å². The van der Waals surface area contributed by atoms with Crippen LogP contribution in [-0.2, 0) is 132 Å². The van der Waals surface area contributed by atoms with Gasteiger partial charge in [-0.1, -0.05) is 32.9 Å². The normalized spacial score (nSPS) is 17.0. The molecule has 0 spiro atoms. The van der Waals surface area contributed by atoms with Crippen LogP contribution in [0, 0.1) is 18.7 Å². The maximum atomic E-state index is 15.5. The summed E-state index contributed by atoms with van der Waals surface area (Å²) in [4.78, 5) is 216. The number of esters is 2. The van der Waals surface area contributed by atoms with E-state index in [1.165, 1.54) is 47.9 Å². The molecule has 39 heteroatoms. The van der Waals surface area contributed by atoms with Crippen molar-refractivity contribution in [1.82, 2.24) is 56.6 Å². The monoisotopic (exact) mass is 1620 g/mol. The Morgan fingerprint density at radius 3 is 2.06 bits per heavy atom. The standard InChI is InChI=1S/C77H96FN13O25/c1-6-77(50-36-57-68-48(39-91(57)72(104)49(50)41-114-74(77)106)66-52(82-44(5)92)14-13-47-43(4)51(78)37-55(86-68)65(47)66)116-76(108)115-40-45-9-11-46(12-10-45)83-69(101)53(8-7-22-81-75(79)107)87-71(103)67(42(2)3)88-70(102)56(38-60(95)84-54-20-28-113-73(54)105)85-59(94)17-24-89(25-19-64(99)100)61(96)21-27-109-30-32-111-34-35-112-33-31-110-29-23-80-58(93)18-26-90-62(97)15-16-63(90)98/h9-12,15-16,36-37,42,52-54,56,67H,6-8,13-14,17-35,38-41H2,1-5H3,(H,80,93)(H,82,92)(H,83,101)(H,84,95)(H,85,94)(H,87,103)(H,88,102)(H,99,100)(H3,79,81,107)/t52-,53-,54-,56-,67-,77-/m0/s1. The van der Waals surface area contributed by atoms with Crippen molar-refractivity contribution in [3.63, 3.8) is 0 Å². The summed E-state index contributed by atoms with van der Waals surface area (Å²) in [6, 6.07) is 1.67. The van der Waals surface area contributed by atoms with Gasteiger partial charge in [0.25, 0.3) is 17.4 Å². The summed E-state index contributed by atoms with van der Waals surface area (Å²) in [7, 11) is 0. The topological polar surface area (TPSA) is 514 Å². The largest absolute Gasteiger partial charge is 0.510 e. The van der Waals surface area contributed by atoms with Crippen molar-refractivity contribution in [1.29, 1.82) is 0 Å². The first-order chi connectivity index (χ1) is 55.5. The van der Waals surface area contributed by atoms with Crippen LogP contribution in [0.2, 0.25) is 0 Å². The predicted octanol–water partition coefficient (Wildman–Crippen LogP) is 0.912. The summed E-state index contributed by atoms with van der Waals surface area (Å²) >= 11 is 0. The SMILES string of the molecule is CC[C@@]1(OC(=O)OCc2ccc(NC(=O)[C@H](CCCNC(N)=O)NC(=O)[C@@H](NC(=O)[C@H](CC(=O)N[C@H]3CCOC3=O)NC(=O)CCN(CCC(=O)O)C(=O)CCOCCOCCOCCOCCNC(=O)CCN3C(=O)C=CC3=O)C(C)C)cc2)C(=O)OCc2c1cc1n(c2=O)Cc2c-1nc1cc(F)c(C)c3c1c2[C@@H](NC(C)=O)CC3. The number of urea groups is 1. The molecular weight excluding hydrogens is 1530 g/mol. The summed E-state index contributed by atoms with van der Waals surface area (Å²) in [5, 5.41) is 31.1. The van der Waals surface area contributed by atoms with E-state index in [4.69, 9.17) is 48.6 Å². The van der Waals surface area contributed by atoms with E-state index in [1.54, 1.807) is 27.7 Å². The Morgan fingerprint density at radius 1 is 0.733 bits per heavy atom. The van der Waals surface area contributed by atoms with E-state index in [0.717, 1.165) is 27.5 Å². The van der Waals surface area contributed by atoms with Crippen LogP contribution >= 0.6 is 0 Å². The lowest BCUT2D eigenvalue weighted by molar-refractivity contribution is -0.175. The van der Waals surface area contributed by atoms with Gasteiger partial charge in [-0.25, -0.2) is 28.6 Å². The quantitative estimate of drug-likeness (QED) is 0.0112. The number of primary amides is 1.